The van der Waals surface area contributed by atoms with E-state index in [0.717, 1.165) is 5.56 Å². The van der Waals surface area contributed by atoms with Crippen molar-refractivity contribution in [1.29, 1.82) is 0 Å². The fourth-order valence-corrected chi connectivity index (χ4v) is 2.94. The fourth-order valence-electron chi connectivity index (χ4n) is 2.94. The molecule has 0 saturated carbocycles. The summed E-state index contributed by atoms with van der Waals surface area (Å²) in [7, 11) is 0. The number of ketones is 1. The normalized spacial score (nSPS) is 10.4. The number of Topliss-reactive ketones (excluding diaryl/α,β-unsaturated/α-hetero) is 1. The van der Waals surface area contributed by atoms with E-state index in [4.69, 9.17) is 0 Å². The van der Waals surface area contributed by atoms with Crippen LogP contribution in [-0.2, 0) is 27.2 Å². The number of benzene rings is 3. The minimum absolute atomic E-state index is 0.243. The highest BCUT2D eigenvalue weighted by Gasteiger charge is 2.24. The minimum atomic E-state index is -0.804. The van der Waals surface area contributed by atoms with Crippen LogP contribution in [0.15, 0.2) is 97.1 Å². The van der Waals surface area contributed by atoms with Crippen LogP contribution in [0.1, 0.15) is 44.7 Å². The molecule has 1 atom stereocenters. The Morgan fingerprint density at radius 2 is 1.12 bits per heavy atom. The molecule has 1 unspecified atom stereocenters. The van der Waals surface area contributed by atoms with Crippen molar-refractivity contribution in [3.8, 4) is 0 Å². The Kier molecular flexibility index (Phi) is 14.2. The largest absolute Gasteiger partial charge is 0.299 e. The molecule has 3 rings (SSSR count). The number of unbranched alkanes of at least 4 members (excludes halogenated alkanes) is 1. The van der Waals surface area contributed by atoms with Gasteiger partial charge in [0.25, 0.3) is 0 Å². The van der Waals surface area contributed by atoms with Gasteiger partial charge in [0, 0.05) is 6.92 Å². The molecule has 0 fully saturated rings. The molecule has 0 aliphatic rings. The van der Waals surface area contributed by atoms with Gasteiger partial charge in [0.15, 0.2) is 0 Å². The molecule has 4 nitrogen and oxygen atoms in total. The molecule has 0 radical (unpaired) electrons. The van der Waals surface area contributed by atoms with Crippen LogP contribution in [0.4, 0.5) is 0 Å². The number of rotatable bonds is 7. The van der Waals surface area contributed by atoms with E-state index in [9.17, 15) is 14.4 Å². The number of carbonyl (C=O) groups excluding carboxylic acids is 3. The summed E-state index contributed by atoms with van der Waals surface area (Å²) in [6, 6.07) is 31.9. The average molecular weight is 446 g/mol. The van der Waals surface area contributed by atoms with Crippen molar-refractivity contribution >= 4 is 17.6 Å². The summed E-state index contributed by atoms with van der Waals surface area (Å²) in [5.74, 6) is -2.03. The summed E-state index contributed by atoms with van der Waals surface area (Å²) < 4.78 is 0. The molecule has 3 aromatic carbocycles. The number of aryl methyl sites for hydroxylation is 1. The van der Waals surface area contributed by atoms with Gasteiger partial charge in [-0.2, -0.15) is 0 Å². The first-order chi connectivity index (χ1) is 15.9. The highest BCUT2D eigenvalue weighted by atomic mass is 16.2. The van der Waals surface area contributed by atoms with Crippen LogP contribution in [0.25, 0.3) is 0 Å². The molecule has 0 saturated heterocycles. The molecule has 4 heteroatoms. The number of hydrogen-bond acceptors (Lipinski definition) is 3. The lowest BCUT2D eigenvalue weighted by Crippen LogP contribution is -2.38. The van der Waals surface area contributed by atoms with E-state index < -0.39 is 17.7 Å². The highest BCUT2D eigenvalue weighted by Crippen LogP contribution is 2.10. The smallest absolute Gasteiger partial charge is 0.237 e. The Morgan fingerprint density at radius 3 is 1.52 bits per heavy atom. The summed E-state index contributed by atoms with van der Waals surface area (Å²) in [5, 5.41) is 2.15. The second-order valence-electron chi connectivity index (χ2n) is 7.64. The second kappa shape index (κ2) is 17.1. The summed E-state index contributed by atoms with van der Waals surface area (Å²) in [6.07, 6.45) is 4.14. The molecule has 0 aliphatic carbocycles. The standard InChI is InChI=1S/C13H15NO3.C10H14.C6H6/c1-9(15)12(13(17)14-10(2)16)8-11-6-4-3-5-7-11;1-2-3-7-10-8-5-4-6-9-10;1-2-4-6-5-3-1/h3-7,12H,8H2,1-2H3,(H,14,16,17);4-6,8-9H,2-3,7H2,1H3;1-6H. The van der Waals surface area contributed by atoms with Crippen molar-refractivity contribution in [3.63, 3.8) is 0 Å². The van der Waals surface area contributed by atoms with E-state index in [-0.39, 0.29) is 5.78 Å². The Morgan fingerprint density at radius 1 is 0.697 bits per heavy atom. The van der Waals surface area contributed by atoms with E-state index >= 15 is 0 Å². The molecule has 3 aromatic rings. The van der Waals surface area contributed by atoms with Gasteiger partial charge < -0.3 is 0 Å². The Bertz CT molecular complexity index is 898. The van der Waals surface area contributed by atoms with Gasteiger partial charge in [-0.1, -0.05) is 110 Å². The molecule has 174 valence electrons. The third kappa shape index (κ3) is 13.5. The third-order valence-electron chi connectivity index (χ3n) is 4.72. The van der Waals surface area contributed by atoms with Crippen molar-refractivity contribution in [2.75, 3.05) is 0 Å². The van der Waals surface area contributed by atoms with Crippen LogP contribution in [0.2, 0.25) is 0 Å². The van der Waals surface area contributed by atoms with E-state index in [1.165, 1.54) is 38.7 Å². The lowest BCUT2D eigenvalue weighted by Gasteiger charge is -2.12. The zero-order valence-electron chi connectivity index (χ0n) is 19.9. The number of hydrogen-bond donors (Lipinski definition) is 1. The Hall–Kier alpha value is -3.53. The SMILES string of the molecule is CC(=O)NC(=O)C(Cc1ccccc1)C(C)=O.CCCCc1ccccc1.c1ccccc1. The molecular formula is C29H35NO3. The van der Waals surface area contributed by atoms with Crippen molar-refractivity contribution in [3.05, 3.63) is 108 Å². The van der Waals surface area contributed by atoms with Crippen molar-refractivity contribution in [2.45, 2.75) is 46.5 Å². The second-order valence-corrected chi connectivity index (χ2v) is 7.64. The van der Waals surface area contributed by atoms with Crippen molar-refractivity contribution < 1.29 is 14.4 Å². The van der Waals surface area contributed by atoms with Gasteiger partial charge in [0.1, 0.15) is 11.7 Å². The molecule has 0 heterocycles. The maximum atomic E-state index is 11.6. The molecule has 0 bridgehead atoms. The average Bonchev–Trinajstić information content (AvgIpc) is 2.84. The first-order valence-corrected chi connectivity index (χ1v) is 11.3. The van der Waals surface area contributed by atoms with Crippen LogP contribution in [-0.4, -0.2) is 17.6 Å². The topological polar surface area (TPSA) is 63.2 Å². The summed E-state index contributed by atoms with van der Waals surface area (Å²) in [5.41, 5.74) is 2.36. The number of carbonyl (C=O) groups is 3. The lowest BCUT2D eigenvalue weighted by molar-refractivity contribution is -0.135. The van der Waals surface area contributed by atoms with Gasteiger partial charge >= 0.3 is 0 Å². The Labute approximate surface area is 198 Å². The molecular weight excluding hydrogens is 410 g/mol. The molecule has 1 N–H and O–H groups in total. The minimum Gasteiger partial charge on any atom is -0.299 e. The lowest BCUT2D eigenvalue weighted by atomic mass is 9.95. The Balaban J connectivity index is 0.000000284. The molecule has 0 aromatic heterocycles. The summed E-state index contributed by atoms with van der Waals surface area (Å²) in [6.45, 7) is 4.83. The van der Waals surface area contributed by atoms with Crippen molar-refractivity contribution in [2.24, 2.45) is 5.92 Å². The van der Waals surface area contributed by atoms with Gasteiger partial charge in [-0.15, -0.1) is 0 Å². The monoisotopic (exact) mass is 445 g/mol. The van der Waals surface area contributed by atoms with E-state index in [1.54, 1.807) is 0 Å². The first kappa shape index (κ1) is 27.5. The van der Waals surface area contributed by atoms with Crippen LogP contribution < -0.4 is 5.32 Å². The van der Waals surface area contributed by atoms with E-state index in [1.807, 2.05) is 66.7 Å². The van der Waals surface area contributed by atoms with Crippen LogP contribution in [0.5, 0.6) is 0 Å². The van der Waals surface area contributed by atoms with Gasteiger partial charge in [0.2, 0.25) is 11.8 Å². The summed E-state index contributed by atoms with van der Waals surface area (Å²) in [4.78, 5) is 33.8. The quantitative estimate of drug-likeness (QED) is 0.467. The molecule has 0 spiro atoms. The highest BCUT2D eigenvalue weighted by molar-refractivity contribution is 6.06. The molecule has 0 aliphatic heterocycles. The van der Waals surface area contributed by atoms with E-state index in [0.29, 0.717) is 6.42 Å². The number of nitrogens with one attached hydrogen (secondary N) is 1. The number of imide groups is 1. The van der Waals surface area contributed by atoms with E-state index in [2.05, 4.69) is 42.6 Å². The maximum absolute atomic E-state index is 11.6. The zero-order valence-corrected chi connectivity index (χ0v) is 19.9. The van der Waals surface area contributed by atoms with Crippen LogP contribution in [0, 0.1) is 5.92 Å². The first-order valence-electron chi connectivity index (χ1n) is 11.3. The van der Waals surface area contributed by atoms with Gasteiger partial charge in [0.05, 0.1) is 0 Å². The molecule has 33 heavy (non-hydrogen) atoms. The van der Waals surface area contributed by atoms with Gasteiger partial charge in [-0.25, -0.2) is 0 Å². The van der Waals surface area contributed by atoms with Crippen LogP contribution in [0.3, 0.4) is 0 Å². The summed E-state index contributed by atoms with van der Waals surface area (Å²) >= 11 is 0. The number of amides is 2. The van der Waals surface area contributed by atoms with Crippen molar-refractivity contribution in [1.82, 2.24) is 5.32 Å². The predicted octanol–water partition coefficient (Wildman–Crippen LogP) is 5.81. The molecule has 2 amide bonds. The fraction of sp³-hybridized carbons (Fsp3) is 0.276. The zero-order chi connectivity index (χ0) is 24.3. The predicted molar refractivity (Wildman–Crippen MR) is 135 cm³/mol. The van der Waals surface area contributed by atoms with Gasteiger partial charge in [-0.3, -0.25) is 19.7 Å². The maximum Gasteiger partial charge on any atom is 0.237 e. The van der Waals surface area contributed by atoms with Crippen LogP contribution >= 0.6 is 0 Å². The van der Waals surface area contributed by atoms with Gasteiger partial charge in [-0.05, 0) is 37.3 Å². The third-order valence-corrected chi connectivity index (χ3v) is 4.72.